The van der Waals surface area contributed by atoms with Crippen LogP contribution in [0.3, 0.4) is 0 Å². The van der Waals surface area contributed by atoms with Crippen molar-refractivity contribution < 1.29 is 4.65 Å². The van der Waals surface area contributed by atoms with E-state index < -0.39 is 0 Å². The molecule has 0 amide bonds. The Morgan fingerprint density at radius 3 is 2.76 bits per heavy atom. The number of hydrogen-bond acceptors (Lipinski definition) is 2. The fourth-order valence-electron chi connectivity index (χ4n) is 1.65. The van der Waals surface area contributed by atoms with Crippen molar-refractivity contribution in [1.29, 1.82) is 0 Å². The summed E-state index contributed by atoms with van der Waals surface area (Å²) in [5, 5.41) is 12.3. The monoisotopic (exact) mass is 232 g/mol. The molecule has 0 aliphatic carbocycles. The van der Waals surface area contributed by atoms with Crippen molar-refractivity contribution in [3.63, 3.8) is 0 Å². The molecule has 0 saturated heterocycles. The Balaban J connectivity index is 2.70. The first kappa shape index (κ1) is 13.6. The van der Waals surface area contributed by atoms with E-state index in [2.05, 4.69) is 11.8 Å². The quantitative estimate of drug-likeness (QED) is 0.374. The summed E-state index contributed by atoms with van der Waals surface area (Å²) in [6.07, 6.45) is 0.719. The van der Waals surface area contributed by atoms with E-state index in [-0.39, 0.29) is 10.7 Å². The summed E-state index contributed by atoms with van der Waals surface area (Å²) in [4.78, 5) is 0. The Kier molecular flexibility index (Phi) is 4.56. The zero-order valence-corrected chi connectivity index (χ0v) is 10.7. The molecule has 0 bridgehead atoms. The number of anilines is 1. The molecule has 0 fully saturated rings. The molecule has 0 radical (unpaired) electrons. The maximum Gasteiger partial charge on any atom is 0.140 e. The Labute approximate surface area is 103 Å². The van der Waals surface area contributed by atoms with Gasteiger partial charge in [0.05, 0.1) is 13.1 Å². The third-order valence-corrected chi connectivity index (χ3v) is 2.98. The van der Waals surface area contributed by atoms with Crippen LogP contribution in [0.1, 0.15) is 19.4 Å². The number of benzene rings is 1. The number of quaternary nitrogens is 1. The molecule has 17 heavy (non-hydrogen) atoms. The lowest BCUT2D eigenvalue weighted by Crippen LogP contribution is -2.46. The van der Waals surface area contributed by atoms with Crippen LogP contribution < -0.4 is 5.73 Å². The van der Waals surface area contributed by atoms with E-state index in [0.717, 1.165) is 17.7 Å². The Bertz CT molecular complexity index is 429. The predicted molar refractivity (Wildman–Crippen MR) is 71.9 cm³/mol. The van der Waals surface area contributed by atoms with Gasteiger partial charge in [0.15, 0.2) is 0 Å². The third kappa shape index (κ3) is 4.10. The number of likely N-dealkylation sites (N-methyl/N-ethyl adjacent to an activating group) is 1. The predicted octanol–water partition coefficient (Wildman–Crippen LogP) is 2.17. The average molecular weight is 232 g/mol. The van der Waals surface area contributed by atoms with Gasteiger partial charge in [0.1, 0.15) is 6.54 Å². The molecule has 0 spiro atoms. The van der Waals surface area contributed by atoms with Crippen LogP contribution in [0.15, 0.2) is 24.3 Å². The smallest absolute Gasteiger partial charge is 0.140 e. The van der Waals surface area contributed by atoms with Gasteiger partial charge < -0.3 is 15.6 Å². The molecule has 1 aromatic rings. The first-order chi connectivity index (χ1) is 7.95. The number of hydroxylamine groups is 3. The fourth-order valence-corrected chi connectivity index (χ4v) is 1.65. The number of nitrogens with two attached hydrogens (primary N) is 1. The van der Waals surface area contributed by atoms with Crippen LogP contribution in [0.2, 0.25) is 0 Å². The third-order valence-electron chi connectivity index (χ3n) is 2.98. The molecule has 1 unspecified atom stereocenters. The number of hydrogen-bond donors (Lipinski definition) is 1. The summed E-state index contributed by atoms with van der Waals surface area (Å²) >= 11 is 0. The highest BCUT2D eigenvalue weighted by Gasteiger charge is 2.19. The lowest BCUT2D eigenvalue weighted by atomic mass is 10.1. The highest BCUT2D eigenvalue weighted by Crippen LogP contribution is 2.15. The lowest BCUT2D eigenvalue weighted by Gasteiger charge is -2.42. The van der Waals surface area contributed by atoms with Crippen molar-refractivity contribution in [2.45, 2.75) is 26.3 Å². The summed E-state index contributed by atoms with van der Waals surface area (Å²) in [7, 11) is 1.67. The second-order valence-corrected chi connectivity index (χ2v) is 4.56. The van der Waals surface area contributed by atoms with Gasteiger partial charge in [-0.25, -0.2) is 0 Å². The van der Waals surface area contributed by atoms with E-state index in [4.69, 9.17) is 5.73 Å². The van der Waals surface area contributed by atoms with Crippen LogP contribution >= 0.6 is 0 Å². The zero-order valence-electron chi connectivity index (χ0n) is 10.7. The van der Waals surface area contributed by atoms with Crippen molar-refractivity contribution >= 4 is 5.69 Å². The van der Waals surface area contributed by atoms with Crippen molar-refractivity contribution in [3.05, 3.63) is 35.0 Å². The molecule has 0 aliphatic rings. The second kappa shape index (κ2) is 5.72. The standard InChI is InChI=1S/C14H20N2O/c1-4-5-9-16(3,17)12(2)10-13-7-6-8-14(15)11-13/h6-8,11-12H,9-10,15H2,1-3H3/t12-,16?/m1/s1. The maximum atomic E-state index is 12.3. The average Bonchev–Trinajstić information content (AvgIpc) is 2.26. The van der Waals surface area contributed by atoms with Gasteiger partial charge in [-0.15, -0.1) is 5.92 Å². The Hall–Kier alpha value is -1.50. The molecule has 3 nitrogen and oxygen atoms in total. The minimum atomic E-state index is -0.338. The summed E-state index contributed by atoms with van der Waals surface area (Å²) in [5.41, 5.74) is 7.56. The first-order valence-electron chi connectivity index (χ1n) is 5.76. The minimum Gasteiger partial charge on any atom is -0.632 e. The van der Waals surface area contributed by atoms with Gasteiger partial charge in [0, 0.05) is 12.1 Å². The maximum absolute atomic E-state index is 12.3. The normalized spacial score (nSPS) is 15.5. The second-order valence-electron chi connectivity index (χ2n) is 4.56. The van der Waals surface area contributed by atoms with Gasteiger partial charge in [-0.05, 0) is 37.5 Å². The molecule has 3 heteroatoms. The number of rotatable bonds is 4. The lowest BCUT2D eigenvalue weighted by molar-refractivity contribution is -0.877. The largest absolute Gasteiger partial charge is 0.632 e. The van der Waals surface area contributed by atoms with Gasteiger partial charge in [-0.1, -0.05) is 12.1 Å². The molecule has 2 N–H and O–H groups in total. The molecular formula is C14H20N2O. The molecule has 0 aromatic heterocycles. The van der Waals surface area contributed by atoms with E-state index in [1.807, 2.05) is 31.2 Å². The van der Waals surface area contributed by atoms with Crippen LogP contribution in [-0.2, 0) is 6.42 Å². The summed E-state index contributed by atoms with van der Waals surface area (Å²) < 4.78 is -0.338. The summed E-state index contributed by atoms with van der Waals surface area (Å²) in [5.74, 6) is 5.62. The number of nitrogen functional groups attached to an aromatic ring is 1. The van der Waals surface area contributed by atoms with E-state index in [1.54, 1.807) is 14.0 Å². The molecule has 2 atom stereocenters. The van der Waals surface area contributed by atoms with E-state index in [0.29, 0.717) is 6.54 Å². The first-order valence-corrected chi connectivity index (χ1v) is 5.76. The molecule has 1 rings (SSSR count). The van der Waals surface area contributed by atoms with Crippen LogP contribution in [0.5, 0.6) is 0 Å². The molecule has 0 aliphatic heterocycles. The Morgan fingerprint density at radius 1 is 1.47 bits per heavy atom. The SMILES string of the molecule is CC#CC[N+](C)([O-])[C@H](C)Cc1cccc(N)c1. The van der Waals surface area contributed by atoms with Crippen molar-refractivity contribution in [2.75, 3.05) is 19.3 Å². The summed E-state index contributed by atoms with van der Waals surface area (Å²) in [6.45, 7) is 4.04. The van der Waals surface area contributed by atoms with Crippen LogP contribution in [0, 0.1) is 17.0 Å². The van der Waals surface area contributed by atoms with Crippen molar-refractivity contribution in [3.8, 4) is 11.8 Å². The highest BCUT2D eigenvalue weighted by atomic mass is 16.5. The summed E-state index contributed by atoms with van der Waals surface area (Å²) in [6, 6.07) is 7.65. The molecule has 0 heterocycles. The number of nitrogens with zero attached hydrogens (tertiary/aromatic N) is 1. The van der Waals surface area contributed by atoms with Gasteiger partial charge in [0.25, 0.3) is 0 Å². The van der Waals surface area contributed by atoms with E-state index >= 15 is 0 Å². The molecular weight excluding hydrogens is 212 g/mol. The van der Waals surface area contributed by atoms with Gasteiger partial charge in [-0.2, -0.15) is 0 Å². The van der Waals surface area contributed by atoms with Gasteiger partial charge in [0.2, 0.25) is 0 Å². The molecule has 1 aromatic carbocycles. The molecule has 0 saturated carbocycles. The van der Waals surface area contributed by atoms with Crippen LogP contribution in [0.4, 0.5) is 5.69 Å². The van der Waals surface area contributed by atoms with E-state index in [9.17, 15) is 5.21 Å². The van der Waals surface area contributed by atoms with Gasteiger partial charge >= 0.3 is 0 Å². The minimum absolute atomic E-state index is 0.0300. The topological polar surface area (TPSA) is 49.1 Å². The Morgan fingerprint density at radius 2 is 2.18 bits per heavy atom. The van der Waals surface area contributed by atoms with Crippen LogP contribution in [-0.4, -0.2) is 24.3 Å². The van der Waals surface area contributed by atoms with Gasteiger partial charge in [-0.3, -0.25) is 0 Å². The zero-order chi connectivity index (χ0) is 12.9. The van der Waals surface area contributed by atoms with Crippen molar-refractivity contribution in [1.82, 2.24) is 0 Å². The van der Waals surface area contributed by atoms with Crippen molar-refractivity contribution in [2.24, 2.45) is 0 Å². The van der Waals surface area contributed by atoms with E-state index in [1.165, 1.54) is 0 Å². The highest BCUT2D eigenvalue weighted by molar-refractivity contribution is 5.40. The fraction of sp³-hybridized carbons (Fsp3) is 0.429. The molecule has 92 valence electrons. The van der Waals surface area contributed by atoms with Crippen LogP contribution in [0.25, 0.3) is 0 Å².